The number of nitrogens with one attached hydrogen (secondary N) is 1. The van der Waals surface area contributed by atoms with Crippen molar-refractivity contribution in [3.63, 3.8) is 0 Å². The standard InChI is InChI=1S/C14H9Cl2FN2/c15-11-3-1-4-12(16)10(11)8-19-14-6-2-5-13(17)9(14)7-18/h1-6,19H,8H2. The van der Waals surface area contributed by atoms with Crippen LogP contribution in [0.3, 0.4) is 0 Å². The highest BCUT2D eigenvalue weighted by atomic mass is 35.5. The summed E-state index contributed by atoms with van der Waals surface area (Å²) < 4.78 is 13.4. The fourth-order valence-electron chi connectivity index (χ4n) is 1.67. The lowest BCUT2D eigenvalue weighted by atomic mass is 10.1. The zero-order chi connectivity index (χ0) is 13.8. The van der Waals surface area contributed by atoms with Gasteiger partial charge in [0.05, 0.1) is 5.69 Å². The highest BCUT2D eigenvalue weighted by molar-refractivity contribution is 6.36. The van der Waals surface area contributed by atoms with Crippen LogP contribution in [0.5, 0.6) is 0 Å². The number of halogens is 3. The molecule has 1 N–H and O–H groups in total. The van der Waals surface area contributed by atoms with Crippen molar-refractivity contribution in [2.75, 3.05) is 5.32 Å². The first-order valence-electron chi connectivity index (χ1n) is 5.49. The molecular weight excluding hydrogens is 286 g/mol. The Kier molecular flexibility index (Phi) is 4.26. The predicted molar refractivity (Wildman–Crippen MR) is 74.9 cm³/mol. The number of nitriles is 1. The average Bonchev–Trinajstić information content (AvgIpc) is 2.38. The highest BCUT2D eigenvalue weighted by Crippen LogP contribution is 2.26. The van der Waals surface area contributed by atoms with Gasteiger partial charge in [0.2, 0.25) is 0 Å². The summed E-state index contributed by atoms with van der Waals surface area (Å²) in [6.07, 6.45) is 0. The quantitative estimate of drug-likeness (QED) is 0.897. The van der Waals surface area contributed by atoms with Crippen molar-refractivity contribution in [3.8, 4) is 6.07 Å². The molecular formula is C14H9Cl2FN2. The highest BCUT2D eigenvalue weighted by Gasteiger charge is 2.09. The zero-order valence-electron chi connectivity index (χ0n) is 9.75. The van der Waals surface area contributed by atoms with E-state index in [0.717, 1.165) is 0 Å². The predicted octanol–water partition coefficient (Wildman–Crippen LogP) is 4.62. The average molecular weight is 295 g/mol. The van der Waals surface area contributed by atoms with E-state index in [0.29, 0.717) is 27.8 Å². The van der Waals surface area contributed by atoms with Crippen molar-refractivity contribution in [1.82, 2.24) is 0 Å². The van der Waals surface area contributed by atoms with Crippen molar-refractivity contribution in [2.45, 2.75) is 6.54 Å². The van der Waals surface area contributed by atoms with Gasteiger partial charge in [0.25, 0.3) is 0 Å². The molecule has 0 amide bonds. The summed E-state index contributed by atoms with van der Waals surface area (Å²) in [5, 5.41) is 12.9. The lowest BCUT2D eigenvalue weighted by Gasteiger charge is -2.11. The van der Waals surface area contributed by atoms with Crippen LogP contribution in [-0.2, 0) is 6.54 Å². The minimum atomic E-state index is -0.558. The van der Waals surface area contributed by atoms with Gasteiger partial charge in [0.1, 0.15) is 17.4 Å². The Bertz CT molecular complexity index is 630. The van der Waals surface area contributed by atoms with Crippen LogP contribution in [0.15, 0.2) is 36.4 Å². The summed E-state index contributed by atoms with van der Waals surface area (Å²) in [5.74, 6) is -0.558. The van der Waals surface area contributed by atoms with Gasteiger partial charge >= 0.3 is 0 Å². The summed E-state index contributed by atoms with van der Waals surface area (Å²) >= 11 is 12.1. The molecule has 0 saturated heterocycles. The van der Waals surface area contributed by atoms with Gasteiger partial charge < -0.3 is 5.32 Å². The van der Waals surface area contributed by atoms with E-state index in [4.69, 9.17) is 28.5 Å². The van der Waals surface area contributed by atoms with E-state index in [1.807, 2.05) is 6.07 Å². The molecule has 96 valence electrons. The molecule has 0 heterocycles. The lowest BCUT2D eigenvalue weighted by Crippen LogP contribution is -2.03. The first-order chi connectivity index (χ1) is 9.13. The molecule has 19 heavy (non-hydrogen) atoms. The van der Waals surface area contributed by atoms with Crippen LogP contribution in [0.2, 0.25) is 10.0 Å². The fraction of sp³-hybridized carbons (Fsp3) is 0.0714. The molecule has 2 aromatic rings. The maximum Gasteiger partial charge on any atom is 0.143 e. The van der Waals surface area contributed by atoms with Gasteiger partial charge in [-0.1, -0.05) is 35.3 Å². The minimum absolute atomic E-state index is 0.0225. The molecule has 5 heteroatoms. The smallest absolute Gasteiger partial charge is 0.143 e. The molecule has 0 unspecified atom stereocenters. The van der Waals surface area contributed by atoms with E-state index in [-0.39, 0.29) is 5.56 Å². The van der Waals surface area contributed by atoms with E-state index in [1.54, 1.807) is 24.3 Å². The maximum absolute atomic E-state index is 13.4. The summed E-state index contributed by atoms with van der Waals surface area (Å²) in [5.41, 5.74) is 1.10. The van der Waals surface area contributed by atoms with E-state index < -0.39 is 5.82 Å². The Balaban J connectivity index is 2.25. The number of anilines is 1. The van der Waals surface area contributed by atoms with Gasteiger partial charge in [-0.05, 0) is 24.3 Å². The number of hydrogen-bond acceptors (Lipinski definition) is 2. The van der Waals surface area contributed by atoms with Gasteiger partial charge in [-0.15, -0.1) is 0 Å². The Labute approximate surface area is 120 Å². The molecule has 0 atom stereocenters. The minimum Gasteiger partial charge on any atom is -0.380 e. The van der Waals surface area contributed by atoms with Gasteiger partial charge in [-0.2, -0.15) is 5.26 Å². The van der Waals surface area contributed by atoms with Gasteiger partial charge in [-0.25, -0.2) is 4.39 Å². The van der Waals surface area contributed by atoms with Crippen LogP contribution < -0.4 is 5.32 Å². The van der Waals surface area contributed by atoms with Crippen molar-refractivity contribution in [3.05, 3.63) is 63.4 Å². The van der Waals surface area contributed by atoms with Crippen LogP contribution in [0, 0.1) is 17.1 Å². The molecule has 2 nitrogen and oxygen atoms in total. The second kappa shape index (κ2) is 5.92. The van der Waals surface area contributed by atoms with E-state index in [2.05, 4.69) is 5.32 Å². The third-order valence-electron chi connectivity index (χ3n) is 2.64. The van der Waals surface area contributed by atoms with Crippen LogP contribution in [0.25, 0.3) is 0 Å². The Morgan fingerprint density at radius 3 is 2.37 bits per heavy atom. The van der Waals surface area contributed by atoms with Crippen LogP contribution in [0.1, 0.15) is 11.1 Å². The second-order valence-electron chi connectivity index (χ2n) is 3.83. The molecule has 0 aromatic heterocycles. The Morgan fingerprint density at radius 1 is 1.11 bits per heavy atom. The van der Waals surface area contributed by atoms with Crippen LogP contribution in [-0.4, -0.2) is 0 Å². The summed E-state index contributed by atoms with van der Waals surface area (Å²) in [6.45, 7) is 0.316. The third kappa shape index (κ3) is 2.98. The molecule has 0 spiro atoms. The topological polar surface area (TPSA) is 35.8 Å². The SMILES string of the molecule is N#Cc1c(F)cccc1NCc1c(Cl)cccc1Cl. The molecule has 0 aliphatic rings. The zero-order valence-corrected chi connectivity index (χ0v) is 11.3. The number of benzene rings is 2. The third-order valence-corrected chi connectivity index (χ3v) is 3.35. The first-order valence-corrected chi connectivity index (χ1v) is 6.24. The lowest BCUT2D eigenvalue weighted by molar-refractivity contribution is 0.624. The molecule has 0 aliphatic carbocycles. The molecule has 0 aliphatic heterocycles. The van der Waals surface area contributed by atoms with Crippen molar-refractivity contribution in [1.29, 1.82) is 5.26 Å². The van der Waals surface area contributed by atoms with E-state index >= 15 is 0 Å². The maximum atomic E-state index is 13.4. The molecule has 2 aromatic carbocycles. The summed E-state index contributed by atoms with van der Waals surface area (Å²) in [4.78, 5) is 0. The van der Waals surface area contributed by atoms with Crippen molar-refractivity contribution >= 4 is 28.9 Å². The van der Waals surface area contributed by atoms with Gasteiger partial charge in [0, 0.05) is 22.2 Å². The number of hydrogen-bond donors (Lipinski definition) is 1. The van der Waals surface area contributed by atoms with E-state index in [1.165, 1.54) is 12.1 Å². The Morgan fingerprint density at radius 2 is 1.74 bits per heavy atom. The van der Waals surface area contributed by atoms with Gasteiger partial charge in [-0.3, -0.25) is 0 Å². The normalized spacial score (nSPS) is 10.0. The largest absolute Gasteiger partial charge is 0.380 e. The molecule has 0 fully saturated rings. The number of nitrogens with zero attached hydrogens (tertiary/aromatic N) is 1. The second-order valence-corrected chi connectivity index (χ2v) is 4.64. The molecule has 0 radical (unpaired) electrons. The van der Waals surface area contributed by atoms with Crippen molar-refractivity contribution in [2.24, 2.45) is 0 Å². The van der Waals surface area contributed by atoms with Crippen molar-refractivity contribution < 1.29 is 4.39 Å². The monoisotopic (exact) mass is 294 g/mol. The summed E-state index contributed by atoms with van der Waals surface area (Å²) in [6, 6.07) is 11.4. The first kappa shape index (κ1) is 13.7. The fourth-order valence-corrected chi connectivity index (χ4v) is 2.20. The summed E-state index contributed by atoms with van der Waals surface area (Å²) in [7, 11) is 0. The van der Waals surface area contributed by atoms with Crippen LogP contribution >= 0.6 is 23.2 Å². The molecule has 0 bridgehead atoms. The number of rotatable bonds is 3. The Hall–Kier alpha value is -1.76. The van der Waals surface area contributed by atoms with Gasteiger partial charge in [0.15, 0.2) is 0 Å². The molecule has 2 rings (SSSR count). The molecule has 0 saturated carbocycles. The van der Waals surface area contributed by atoms with E-state index in [9.17, 15) is 4.39 Å². The van der Waals surface area contributed by atoms with Crippen LogP contribution in [0.4, 0.5) is 10.1 Å².